The molecule has 0 aromatic carbocycles. The summed E-state index contributed by atoms with van der Waals surface area (Å²) in [6, 6.07) is 3.66. The van der Waals surface area contributed by atoms with Gasteiger partial charge in [0.15, 0.2) is 0 Å². The van der Waals surface area contributed by atoms with Gasteiger partial charge in [-0.15, -0.1) is 0 Å². The Balaban J connectivity index is 1.81. The fourth-order valence-electron chi connectivity index (χ4n) is 1.93. The van der Waals surface area contributed by atoms with Crippen LogP contribution in [0.5, 0.6) is 5.88 Å². The van der Waals surface area contributed by atoms with Crippen LogP contribution in [0.3, 0.4) is 0 Å². The van der Waals surface area contributed by atoms with Crippen LogP contribution in [0.15, 0.2) is 12.1 Å². The van der Waals surface area contributed by atoms with Gasteiger partial charge in [-0.3, -0.25) is 0 Å². The number of ether oxygens (including phenoxy) is 2. The number of aromatic nitrogens is 1. The van der Waals surface area contributed by atoms with Gasteiger partial charge in [0, 0.05) is 19.8 Å². The largest absolute Gasteiger partial charge is 0.479 e. The van der Waals surface area contributed by atoms with Gasteiger partial charge in [0.2, 0.25) is 5.88 Å². The first-order chi connectivity index (χ1) is 8.29. The first kappa shape index (κ1) is 12.0. The van der Waals surface area contributed by atoms with Crippen molar-refractivity contribution < 1.29 is 9.47 Å². The molecule has 2 rings (SSSR count). The molecule has 2 heterocycles. The van der Waals surface area contributed by atoms with Gasteiger partial charge in [0.1, 0.15) is 5.82 Å². The summed E-state index contributed by atoms with van der Waals surface area (Å²) in [6.07, 6.45) is 2.27. The van der Waals surface area contributed by atoms with Gasteiger partial charge in [0.25, 0.3) is 0 Å². The molecule has 1 aromatic heterocycles. The maximum absolute atomic E-state index is 5.70. The molecule has 5 nitrogen and oxygen atoms in total. The van der Waals surface area contributed by atoms with Crippen molar-refractivity contribution in [3.63, 3.8) is 0 Å². The van der Waals surface area contributed by atoms with E-state index in [0.29, 0.717) is 17.5 Å². The minimum absolute atomic E-state index is 0.471. The zero-order chi connectivity index (χ0) is 12.1. The van der Waals surface area contributed by atoms with Gasteiger partial charge in [0.05, 0.1) is 12.8 Å². The number of hydrogen-bond acceptors (Lipinski definition) is 5. The Hall–Kier alpha value is -1.49. The topological polar surface area (TPSA) is 69.4 Å². The second-order valence-corrected chi connectivity index (χ2v) is 4.24. The predicted octanol–water partition coefficient (Wildman–Crippen LogP) is 1.51. The summed E-state index contributed by atoms with van der Waals surface area (Å²) in [7, 11) is 1.57. The number of methoxy groups -OCH3 is 1. The van der Waals surface area contributed by atoms with Gasteiger partial charge in [-0.05, 0) is 30.9 Å². The maximum atomic E-state index is 5.70. The Morgan fingerprint density at radius 3 is 3.18 bits per heavy atom. The van der Waals surface area contributed by atoms with Crippen molar-refractivity contribution in [3.05, 3.63) is 12.1 Å². The predicted molar refractivity (Wildman–Crippen MR) is 67.2 cm³/mol. The molecule has 0 bridgehead atoms. The number of nitrogens with two attached hydrogens (primary N) is 1. The van der Waals surface area contributed by atoms with E-state index in [-0.39, 0.29) is 0 Å². The molecule has 1 atom stereocenters. The van der Waals surface area contributed by atoms with E-state index in [4.69, 9.17) is 15.2 Å². The van der Waals surface area contributed by atoms with Crippen LogP contribution in [0.2, 0.25) is 0 Å². The third-order valence-corrected chi connectivity index (χ3v) is 2.97. The maximum Gasteiger partial charge on any atom is 0.238 e. The zero-order valence-corrected chi connectivity index (χ0v) is 10.1. The van der Waals surface area contributed by atoms with Crippen LogP contribution in [0, 0.1) is 5.92 Å². The molecule has 0 aliphatic carbocycles. The highest BCUT2D eigenvalue weighted by atomic mass is 16.5. The fourth-order valence-corrected chi connectivity index (χ4v) is 1.93. The molecular weight excluding hydrogens is 218 g/mol. The summed E-state index contributed by atoms with van der Waals surface area (Å²) >= 11 is 0. The average Bonchev–Trinajstić information content (AvgIpc) is 2.84. The molecule has 1 aliphatic heterocycles. The van der Waals surface area contributed by atoms with E-state index in [1.807, 2.05) is 6.07 Å². The Morgan fingerprint density at radius 1 is 1.59 bits per heavy atom. The number of pyridine rings is 1. The summed E-state index contributed by atoms with van der Waals surface area (Å²) < 4.78 is 10.4. The number of hydrogen-bond donors (Lipinski definition) is 2. The highest BCUT2D eigenvalue weighted by Gasteiger charge is 2.14. The minimum Gasteiger partial charge on any atom is -0.479 e. The molecule has 1 aliphatic rings. The second kappa shape index (κ2) is 5.72. The molecule has 1 fully saturated rings. The molecule has 5 heteroatoms. The number of nitrogens with one attached hydrogen (secondary N) is 1. The van der Waals surface area contributed by atoms with E-state index in [9.17, 15) is 0 Å². The summed E-state index contributed by atoms with van der Waals surface area (Å²) in [5, 5.41) is 3.27. The van der Waals surface area contributed by atoms with Crippen molar-refractivity contribution >= 4 is 11.5 Å². The molecule has 0 amide bonds. The Bertz CT molecular complexity index is 365. The second-order valence-electron chi connectivity index (χ2n) is 4.24. The Labute approximate surface area is 101 Å². The van der Waals surface area contributed by atoms with E-state index in [1.165, 1.54) is 6.42 Å². The van der Waals surface area contributed by atoms with E-state index in [2.05, 4.69) is 10.3 Å². The zero-order valence-electron chi connectivity index (χ0n) is 10.1. The van der Waals surface area contributed by atoms with Gasteiger partial charge in [-0.2, -0.15) is 4.98 Å². The third kappa shape index (κ3) is 3.23. The Morgan fingerprint density at radius 2 is 2.47 bits per heavy atom. The summed E-state index contributed by atoms with van der Waals surface area (Å²) in [5.74, 6) is 1.95. The highest BCUT2D eigenvalue weighted by Crippen LogP contribution is 2.21. The van der Waals surface area contributed by atoms with Crippen molar-refractivity contribution in [1.82, 2.24) is 4.98 Å². The summed E-state index contributed by atoms with van der Waals surface area (Å²) in [5.41, 5.74) is 6.25. The molecule has 94 valence electrons. The Kier molecular flexibility index (Phi) is 4.03. The van der Waals surface area contributed by atoms with Gasteiger partial charge >= 0.3 is 0 Å². The van der Waals surface area contributed by atoms with Crippen molar-refractivity contribution in [3.8, 4) is 5.88 Å². The van der Waals surface area contributed by atoms with Crippen molar-refractivity contribution in [2.75, 3.05) is 37.9 Å². The van der Waals surface area contributed by atoms with Crippen LogP contribution in [-0.4, -0.2) is 31.9 Å². The lowest BCUT2D eigenvalue weighted by Crippen LogP contribution is -2.10. The molecule has 17 heavy (non-hydrogen) atoms. The minimum atomic E-state index is 0.471. The van der Waals surface area contributed by atoms with Gasteiger partial charge in [-0.25, -0.2) is 0 Å². The first-order valence-electron chi connectivity index (χ1n) is 5.91. The molecule has 0 saturated carbocycles. The molecule has 3 N–H and O–H groups in total. The van der Waals surface area contributed by atoms with Crippen LogP contribution >= 0.6 is 0 Å². The van der Waals surface area contributed by atoms with E-state index < -0.39 is 0 Å². The summed E-state index contributed by atoms with van der Waals surface area (Å²) in [4.78, 5) is 4.27. The van der Waals surface area contributed by atoms with Gasteiger partial charge < -0.3 is 20.5 Å². The smallest absolute Gasteiger partial charge is 0.238 e. The third-order valence-electron chi connectivity index (χ3n) is 2.97. The van der Waals surface area contributed by atoms with Crippen molar-refractivity contribution in [1.29, 1.82) is 0 Å². The lowest BCUT2D eigenvalue weighted by molar-refractivity contribution is 0.185. The van der Waals surface area contributed by atoms with Crippen LogP contribution in [0.1, 0.15) is 12.8 Å². The average molecular weight is 237 g/mol. The molecular formula is C12H19N3O2. The van der Waals surface area contributed by atoms with Crippen LogP contribution < -0.4 is 15.8 Å². The van der Waals surface area contributed by atoms with Gasteiger partial charge in [-0.1, -0.05) is 0 Å². The molecule has 1 unspecified atom stereocenters. The monoisotopic (exact) mass is 237 g/mol. The lowest BCUT2D eigenvalue weighted by atomic mass is 10.1. The molecule has 1 aromatic rings. The van der Waals surface area contributed by atoms with Crippen molar-refractivity contribution in [2.45, 2.75) is 12.8 Å². The molecule has 0 radical (unpaired) electrons. The highest BCUT2D eigenvalue weighted by molar-refractivity contribution is 5.53. The number of nitrogen functional groups attached to an aromatic ring is 1. The quantitative estimate of drug-likeness (QED) is 0.812. The standard InChI is InChI=1S/C12H19N3O2/c1-16-12-10(13)2-3-11(15-12)14-6-4-9-5-7-17-8-9/h2-3,9H,4-8,13H2,1H3,(H,14,15). The van der Waals surface area contributed by atoms with E-state index in [1.54, 1.807) is 13.2 Å². The first-order valence-corrected chi connectivity index (χ1v) is 5.91. The normalized spacial score (nSPS) is 19.2. The number of rotatable bonds is 5. The van der Waals surface area contributed by atoms with Crippen LogP contribution in [0.25, 0.3) is 0 Å². The van der Waals surface area contributed by atoms with Crippen LogP contribution in [-0.2, 0) is 4.74 Å². The molecule has 1 saturated heterocycles. The van der Waals surface area contributed by atoms with Crippen molar-refractivity contribution in [2.24, 2.45) is 5.92 Å². The fraction of sp³-hybridized carbons (Fsp3) is 0.583. The van der Waals surface area contributed by atoms with E-state index in [0.717, 1.165) is 32.0 Å². The van der Waals surface area contributed by atoms with E-state index >= 15 is 0 Å². The van der Waals surface area contributed by atoms with Crippen LogP contribution in [0.4, 0.5) is 11.5 Å². The lowest BCUT2D eigenvalue weighted by Gasteiger charge is -2.10. The number of nitrogens with zero attached hydrogens (tertiary/aromatic N) is 1. The SMILES string of the molecule is COc1nc(NCCC2CCOC2)ccc1N. The summed E-state index contributed by atoms with van der Waals surface area (Å²) in [6.45, 7) is 2.69. The molecule has 0 spiro atoms. The number of anilines is 2.